The molecule has 1 saturated heterocycles. The molecular weight excluding hydrogens is 480 g/mol. The van der Waals surface area contributed by atoms with Crippen molar-refractivity contribution in [1.82, 2.24) is 15.6 Å². The first-order valence-corrected chi connectivity index (χ1v) is 12.5. The molecule has 3 N–H and O–H groups in total. The van der Waals surface area contributed by atoms with Crippen LogP contribution in [-0.4, -0.2) is 41.3 Å². The van der Waals surface area contributed by atoms with Gasteiger partial charge in [-0.05, 0) is 56.7 Å². The van der Waals surface area contributed by atoms with E-state index in [4.69, 9.17) is 16.3 Å². The van der Waals surface area contributed by atoms with Crippen LogP contribution in [0.2, 0.25) is 5.02 Å². The molecule has 3 rings (SSSR count). The van der Waals surface area contributed by atoms with E-state index in [1.54, 1.807) is 25.3 Å². The minimum absolute atomic E-state index is 0.0368. The summed E-state index contributed by atoms with van der Waals surface area (Å²) in [4.78, 5) is 41.9. The molecule has 2 amide bonds. The lowest BCUT2D eigenvalue weighted by Gasteiger charge is -2.26. The molecular formula is C27H35ClN4O4. The molecule has 2 aromatic rings. The Kier molecular flexibility index (Phi) is 8.04. The quantitative estimate of drug-likeness (QED) is 0.416. The van der Waals surface area contributed by atoms with E-state index in [9.17, 15) is 19.6 Å². The monoisotopic (exact) mass is 514 g/mol. The number of carbonyl (C=O) groups excluding carboxylic acids is 3. The second-order valence-electron chi connectivity index (χ2n) is 11.5. The van der Waals surface area contributed by atoms with Crippen LogP contribution in [-0.2, 0) is 9.59 Å². The standard InChI is InChI=1S/C27H35ClN4O4/c1-26(2,3)12-16(24(34)30-17(14-29)9-15-13-27(4,5)32-25(15)35)10-21(33)20-11-18-22(36-6)8-7-19(28)23(18)31-20/h7-8,11,15-17,31H,9-10,12-13H2,1-6H3,(H,30,34)(H,32,35). The Labute approximate surface area is 217 Å². The largest absolute Gasteiger partial charge is 0.496 e. The molecule has 1 aromatic heterocycles. The first-order chi connectivity index (χ1) is 16.7. The molecule has 0 radical (unpaired) electrons. The number of nitrogens with zero attached hydrogens (tertiary/aromatic N) is 1. The lowest BCUT2D eigenvalue weighted by molar-refractivity contribution is -0.127. The Hall–Kier alpha value is -3.05. The van der Waals surface area contributed by atoms with Crippen LogP contribution < -0.4 is 15.4 Å². The number of benzene rings is 1. The number of Topliss-reactive ketones (excluding diaryl/α,β-unsaturated/α-hetero) is 1. The third kappa shape index (κ3) is 6.58. The van der Waals surface area contributed by atoms with Gasteiger partial charge in [0, 0.05) is 29.2 Å². The molecule has 3 unspecified atom stereocenters. The summed E-state index contributed by atoms with van der Waals surface area (Å²) in [5.74, 6) is -1.12. The summed E-state index contributed by atoms with van der Waals surface area (Å²) in [7, 11) is 1.54. The molecule has 0 saturated carbocycles. The molecule has 1 fully saturated rings. The highest BCUT2D eigenvalue weighted by atomic mass is 35.5. The Morgan fingerprint density at radius 1 is 1.33 bits per heavy atom. The molecule has 1 aliphatic rings. The third-order valence-electron chi connectivity index (χ3n) is 6.47. The van der Waals surface area contributed by atoms with Crippen molar-refractivity contribution in [3.8, 4) is 11.8 Å². The van der Waals surface area contributed by atoms with Gasteiger partial charge in [0.2, 0.25) is 11.8 Å². The van der Waals surface area contributed by atoms with E-state index in [1.807, 2.05) is 34.6 Å². The second kappa shape index (κ2) is 10.5. The number of ether oxygens (including phenoxy) is 1. The normalized spacial score (nSPS) is 18.8. The number of H-pyrrole nitrogens is 1. The zero-order valence-corrected chi connectivity index (χ0v) is 22.5. The van der Waals surface area contributed by atoms with Crippen LogP contribution in [0.3, 0.4) is 0 Å². The average Bonchev–Trinajstić information content (AvgIpc) is 3.33. The van der Waals surface area contributed by atoms with E-state index in [-0.39, 0.29) is 47.3 Å². The minimum Gasteiger partial charge on any atom is -0.496 e. The number of aromatic amines is 1. The molecule has 194 valence electrons. The molecule has 1 aliphatic heterocycles. The van der Waals surface area contributed by atoms with E-state index in [1.165, 1.54) is 0 Å². The van der Waals surface area contributed by atoms with E-state index >= 15 is 0 Å². The SMILES string of the molecule is COc1ccc(Cl)c2[nH]c(C(=O)CC(CC(C)(C)C)C(=O)NC(C#N)CC3CC(C)(C)NC3=O)cc12. The van der Waals surface area contributed by atoms with Gasteiger partial charge in [-0.1, -0.05) is 32.4 Å². The van der Waals surface area contributed by atoms with Crippen molar-refractivity contribution in [3.05, 3.63) is 28.9 Å². The van der Waals surface area contributed by atoms with E-state index in [2.05, 4.69) is 21.7 Å². The first-order valence-electron chi connectivity index (χ1n) is 12.1. The fourth-order valence-corrected chi connectivity index (χ4v) is 5.13. The van der Waals surface area contributed by atoms with Crippen LogP contribution in [0.1, 0.15) is 70.8 Å². The first kappa shape index (κ1) is 27.5. The Balaban J connectivity index is 1.77. The number of amides is 2. The van der Waals surface area contributed by atoms with Crippen molar-refractivity contribution in [2.75, 3.05) is 7.11 Å². The number of nitriles is 1. The maximum atomic E-state index is 13.3. The average molecular weight is 515 g/mol. The molecule has 1 aromatic carbocycles. The lowest BCUT2D eigenvalue weighted by Crippen LogP contribution is -2.41. The van der Waals surface area contributed by atoms with Gasteiger partial charge in [-0.25, -0.2) is 0 Å². The molecule has 0 spiro atoms. The molecule has 0 aliphatic carbocycles. The maximum Gasteiger partial charge on any atom is 0.224 e. The summed E-state index contributed by atoms with van der Waals surface area (Å²) in [6.45, 7) is 9.86. The number of methoxy groups -OCH3 is 1. The Morgan fingerprint density at radius 3 is 2.58 bits per heavy atom. The van der Waals surface area contributed by atoms with Crippen molar-refractivity contribution in [2.24, 2.45) is 17.3 Å². The minimum atomic E-state index is -0.823. The molecule has 3 atom stereocenters. The van der Waals surface area contributed by atoms with Gasteiger partial charge in [-0.3, -0.25) is 14.4 Å². The van der Waals surface area contributed by atoms with Crippen LogP contribution in [0.5, 0.6) is 5.75 Å². The van der Waals surface area contributed by atoms with Gasteiger partial charge in [0.15, 0.2) is 5.78 Å². The van der Waals surface area contributed by atoms with Crippen molar-refractivity contribution in [2.45, 2.75) is 71.9 Å². The van der Waals surface area contributed by atoms with Crippen molar-refractivity contribution < 1.29 is 19.1 Å². The van der Waals surface area contributed by atoms with E-state index in [0.29, 0.717) is 40.2 Å². The van der Waals surface area contributed by atoms with Crippen molar-refractivity contribution >= 4 is 40.1 Å². The fraction of sp³-hybridized carbons (Fsp3) is 0.556. The topological polar surface area (TPSA) is 124 Å². The number of carbonyl (C=O) groups is 3. The smallest absolute Gasteiger partial charge is 0.224 e. The van der Waals surface area contributed by atoms with Crippen molar-refractivity contribution in [3.63, 3.8) is 0 Å². The molecule has 0 bridgehead atoms. The molecule has 36 heavy (non-hydrogen) atoms. The summed E-state index contributed by atoms with van der Waals surface area (Å²) in [6.07, 6.45) is 1.24. The summed E-state index contributed by atoms with van der Waals surface area (Å²) in [5.41, 5.74) is 0.369. The summed E-state index contributed by atoms with van der Waals surface area (Å²) in [6, 6.07) is 6.40. The highest BCUT2D eigenvalue weighted by Crippen LogP contribution is 2.34. The van der Waals surface area contributed by atoms with Gasteiger partial charge < -0.3 is 20.4 Å². The zero-order valence-electron chi connectivity index (χ0n) is 21.8. The van der Waals surface area contributed by atoms with Crippen LogP contribution in [0.15, 0.2) is 18.2 Å². The number of nitrogens with one attached hydrogen (secondary N) is 3. The van der Waals surface area contributed by atoms with Crippen LogP contribution >= 0.6 is 11.6 Å². The van der Waals surface area contributed by atoms with Gasteiger partial charge in [0.05, 0.1) is 29.4 Å². The van der Waals surface area contributed by atoms with Crippen LogP contribution in [0, 0.1) is 28.6 Å². The molecule has 2 heterocycles. The number of rotatable bonds is 9. The number of fused-ring (bicyclic) bond motifs is 1. The number of hydrogen-bond donors (Lipinski definition) is 3. The van der Waals surface area contributed by atoms with Gasteiger partial charge in [-0.2, -0.15) is 5.26 Å². The van der Waals surface area contributed by atoms with Gasteiger partial charge in [0.25, 0.3) is 0 Å². The summed E-state index contributed by atoms with van der Waals surface area (Å²) < 4.78 is 5.38. The maximum absolute atomic E-state index is 13.3. The lowest BCUT2D eigenvalue weighted by atomic mass is 9.81. The number of halogens is 1. The predicted octanol–water partition coefficient (Wildman–Crippen LogP) is 4.77. The Bertz CT molecular complexity index is 1200. The number of hydrogen-bond acceptors (Lipinski definition) is 5. The highest BCUT2D eigenvalue weighted by molar-refractivity contribution is 6.35. The number of aromatic nitrogens is 1. The highest BCUT2D eigenvalue weighted by Gasteiger charge is 2.39. The van der Waals surface area contributed by atoms with E-state index < -0.39 is 12.0 Å². The van der Waals surface area contributed by atoms with Gasteiger partial charge in [0.1, 0.15) is 11.8 Å². The van der Waals surface area contributed by atoms with Crippen molar-refractivity contribution in [1.29, 1.82) is 5.26 Å². The third-order valence-corrected chi connectivity index (χ3v) is 6.78. The van der Waals surface area contributed by atoms with Crippen LogP contribution in [0.4, 0.5) is 0 Å². The predicted molar refractivity (Wildman–Crippen MR) is 139 cm³/mol. The fourth-order valence-electron chi connectivity index (χ4n) is 4.92. The Morgan fingerprint density at radius 2 is 2.03 bits per heavy atom. The molecule has 9 heteroatoms. The summed E-state index contributed by atoms with van der Waals surface area (Å²) in [5, 5.41) is 16.6. The van der Waals surface area contributed by atoms with Crippen LogP contribution in [0.25, 0.3) is 10.9 Å². The van der Waals surface area contributed by atoms with Gasteiger partial charge >= 0.3 is 0 Å². The van der Waals surface area contributed by atoms with E-state index in [0.717, 1.165) is 0 Å². The second-order valence-corrected chi connectivity index (χ2v) is 11.9. The zero-order chi connectivity index (χ0) is 26.8. The number of ketones is 1. The molecule has 8 nitrogen and oxygen atoms in total. The van der Waals surface area contributed by atoms with Gasteiger partial charge in [-0.15, -0.1) is 0 Å². The summed E-state index contributed by atoms with van der Waals surface area (Å²) >= 11 is 6.30.